The number of phosphoric acid groups is 1. The van der Waals surface area contributed by atoms with Gasteiger partial charge in [0.15, 0.2) is 6.79 Å². The Bertz CT molecular complexity index is 217. The molecular weight excluding hydrogens is 210 g/mol. The monoisotopic (exact) mass is 218 g/mol. The van der Waals surface area contributed by atoms with Crippen LogP contribution in [0.3, 0.4) is 0 Å². The van der Waals surface area contributed by atoms with E-state index in [0.717, 1.165) is 13.2 Å². The molecule has 0 aliphatic heterocycles. The first-order chi connectivity index (χ1) is 5.52. The van der Waals surface area contributed by atoms with Crippen molar-refractivity contribution in [1.82, 2.24) is 0 Å². The van der Waals surface area contributed by atoms with E-state index in [2.05, 4.69) is 20.4 Å². The summed E-state index contributed by atoms with van der Waals surface area (Å²) in [7, 11) is -3.37. The van der Waals surface area contributed by atoms with Crippen LogP contribution in [0.25, 0.3) is 0 Å². The molecule has 0 spiro atoms. The van der Waals surface area contributed by atoms with Crippen LogP contribution in [0.2, 0.25) is 0 Å². The number of hydrogen-bond donors (Lipinski definition) is 0. The van der Waals surface area contributed by atoms with Gasteiger partial charge in [0, 0.05) is 13.2 Å². The standard InChI is InChI=1S/C5H9O6P.Na/c1-3-5(6)10-4-11-12(7,8)9-2;/h3H,1,4H2,2H3,(H,7,8);/q;+1/p-1. The minimum absolute atomic E-state index is 0. The Morgan fingerprint density at radius 2 is 2.23 bits per heavy atom. The average Bonchev–Trinajstić information content (AvgIpc) is 2.04. The number of hydrogen-bond acceptors (Lipinski definition) is 6. The third-order valence-electron chi connectivity index (χ3n) is 0.802. The number of esters is 1. The Morgan fingerprint density at radius 1 is 1.69 bits per heavy atom. The van der Waals surface area contributed by atoms with E-state index in [9.17, 15) is 14.3 Å². The molecule has 0 fully saturated rings. The number of carbonyl (C=O) groups excluding carboxylic acids is 1. The first-order valence-corrected chi connectivity index (χ1v) is 4.28. The van der Waals surface area contributed by atoms with Crippen molar-refractivity contribution in [3.8, 4) is 0 Å². The molecule has 70 valence electrons. The zero-order valence-corrected chi connectivity index (χ0v) is 10.3. The van der Waals surface area contributed by atoms with E-state index in [-0.39, 0.29) is 29.6 Å². The molecule has 0 N–H and O–H groups in total. The van der Waals surface area contributed by atoms with Crippen LogP contribution in [-0.2, 0) is 23.1 Å². The summed E-state index contributed by atoms with van der Waals surface area (Å²) in [5.41, 5.74) is 0. The van der Waals surface area contributed by atoms with Gasteiger partial charge in [0.1, 0.15) is 0 Å². The van der Waals surface area contributed by atoms with Gasteiger partial charge in [0.2, 0.25) is 0 Å². The molecule has 0 aliphatic carbocycles. The SMILES string of the molecule is C=CC(=O)OCOP(=O)([O-])OC.[Na+]. The molecule has 0 heterocycles. The summed E-state index contributed by atoms with van der Waals surface area (Å²) in [6.45, 7) is 2.38. The molecule has 8 heteroatoms. The fourth-order valence-electron chi connectivity index (χ4n) is 0.261. The molecule has 1 atom stereocenters. The molecule has 1 unspecified atom stereocenters. The fourth-order valence-corrected chi connectivity index (χ4v) is 0.548. The van der Waals surface area contributed by atoms with Crippen molar-refractivity contribution < 1.29 is 57.6 Å². The van der Waals surface area contributed by atoms with E-state index < -0.39 is 20.6 Å². The zero-order chi connectivity index (χ0) is 9.61. The predicted octanol–water partition coefficient (Wildman–Crippen LogP) is -3.19. The van der Waals surface area contributed by atoms with Gasteiger partial charge >= 0.3 is 35.5 Å². The Hall–Kier alpha value is 0.320. The van der Waals surface area contributed by atoms with Crippen LogP contribution in [0.1, 0.15) is 0 Å². The second-order valence-corrected chi connectivity index (χ2v) is 3.06. The summed E-state index contributed by atoms with van der Waals surface area (Å²) < 4.78 is 22.6. The molecule has 0 aromatic heterocycles. The maximum atomic E-state index is 10.4. The summed E-state index contributed by atoms with van der Waals surface area (Å²) >= 11 is 0. The van der Waals surface area contributed by atoms with Gasteiger partial charge in [-0.15, -0.1) is 0 Å². The van der Waals surface area contributed by atoms with Crippen LogP contribution >= 0.6 is 7.82 Å². The van der Waals surface area contributed by atoms with Crippen molar-refractivity contribution in [3.05, 3.63) is 12.7 Å². The predicted molar refractivity (Wildman–Crippen MR) is 36.9 cm³/mol. The topological polar surface area (TPSA) is 84.9 Å². The molecule has 0 radical (unpaired) electrons. The van der Waals surface area contributed by atoms with Crippen LogP contribution in [-0.4, -0.2) is 19.9 Å². The molecule has 0 saturated carbocycles. The van der Waals surface area contributed by atoms with Gasteiger partial charge in [-0.1, -0.05) is 6.58 Å². The summed E-state index contributed by atoms with van der Waals surface area (Å²) in [5, 5.41) is 0. The van der Waals surface area contributed by atoms with Crippen LogP contribution in [0, 0.1) is 0 Å². The van der Waals surface area contributed by atoms with Gasteiger partial charge in [-0.05, 0) is 0 Å². The van der Waals surface area contributed by atoms with Gasteiger partial charge in [-0.3, -0.25) is 9.09 Å². The third kappa shape index (κ3) is 8.64. The van der Waals surface area contributed by atoms with E-state index in [1.807, 2.05) is 0 Å². The van der Waals surface area contributed by atoms with Crippen molar-refractivity contribution in [2.24, 2.45) is 0 Å². The van der Waals surface area contributed by atoms with Gasteiger partial charge in [-0.2, -0.15) is 0 Å². The molecule has 0 aromatic carbocycles. The maximum Gasteiger partial charge on any atom is 1.00 e. The average molecular weight is 218 g/mol. The van der Waals surface area contributed by atoms with Crippen LogP contribution in [0.5, 0.6) is 0 Å². The summed E-state index contributed by atoms with van der Waals surface area (Å²) in [6.07, 6.45) is 0.881. The first kappa shape index (κ1) is 15.8. The molecule has 0 amide bonds. The van der Waals surface area contributed by atoms with Crippen LogP contribution < -0.4 is 34.5 Å². The van der Waals surface area contributed by atoms with Crippen molar-refractivity contribution in [2.45, 2.75) is 0 Å². The van der Waals surface area contributed by atoms with E-state index in [4.69, 9.17) is 0 Å². The maximum absolute atomic E-state index is 10.4. The molecule has 6 nitrogen and oxygen atoms in total. The molecule has 13 heavy (non-hydrogen) atoms. The smallest absolute Gasteiger partial charge is 0.756 e. The Kier molecular flexibility index (Phi) is 9.34. The van der Waals surface area contributed by atoms with E-state index >= 15 is 0 Å². The molecule has 0 aliphatic rings. The zero-order valence-electron chi connectivity index (χ0n) is 7.39. The first-order valence-electron chi connectivity index (χ1n) is 2.82. The van der Waals surface area contributed by atoms with Crippen LogP contribution in [0.15, 0.2) is 12.7 Å². The minimum atomic E-state index is -4.30. The molecule has 0 aromatic rings. The number of rotatable bonds is 5. The quantitative estimate of drug-likeness (QED) is 0.159. The van der Waals surface area contributed by atoms with Gasteiger partial charge in [-0.25, -0.2) is 4.79 Å². The molecular formula is C5H8NaO6P. The summed E-state index contributed by atoms with van der Waals surface area (Å²) in [5.74, 6) is -0.772. The van der Waals surface area contributed by atoms with E-state index in [1.165, 1.54) is 0 Å². The largest absolute Gasteiger partial charge is 1.00 e. The molecule has 0 rings (SSSR count). The van der Waals surface area contributed by atoms with Gasteiger partial charge in [0.05, 0.1) is 0 Å². The van der Waals surface area contributed by atoms with Gasteiger partial charge < -0.3 is 14.2 Å². The van der Waals surface area contributed by atoms with E-state index in [1.54, 1.807) is 0 Å². The summed E-state index contributed by atoms with van der Waals surface area (Å²) in [6, 6.07) is 0. The Morgan fingerprint density at radius 3 is 2.62 bits per heavy atom. The molecule has 0 bridgehead atoms. The number of carbonyl (C=O) groups is 1. The normalized spacial score (nSPS) is 13.7. The fraction of sp³-hybridized carbons (Fsp3) is 0.400. The van der Waals surface area contributed by atoms with Gasteiger partial charge in [0.25, 0.3) is 7.82 Å². The Balaban J connectivity index is 0. The van der Waals surface area contributed by atoms with Crippen LogP contribution in [0.4, 0.5) is 0 Å². The van der Waals surface area contributed by atoms with Crippen molar-refractivity contribution in [2.75, 3.05) is 13.9 Å². The summed E-state index contributed by atoms with van der Waals surface area (Å²) in [4.78, 5) is 20.8. The minimum Gasteiger partial charge on any atom is -0.756 e. The second-order valence-electron chi connectivity index (χ2n) is 1.54. The molecule has 0 saturated heterocycles. The van der Waals surface area contributed by atoms with Crippen molar-refractivity contribution in [1.29, 1.82) is 0 Å². The van der Waals surface area contributed by atoms with Crippen molar-refractivity contribution >= 4 is 13.8 Å². The Labute approximate surface area is 97.8 Å². The number of ether oxygens (including phenoxy) is 1. The van der Waals surface area contributed by atoms with Crippen molar-refractivity contribution in [3.63, 3.8) is 0 Å². The number of phosphoric ester groups is 1. The second kappa shape index (κ2) is 7.70. The third-order valence-corrected chi connectivity index (χ3v) is 1.67. The van der Waals surface area contributed by atoms with E-state index in [0.29, 0.717) is 0 Å².